The van der Waals surface area contributed by atoms with Gasteiger partial charge in [0.05, 0.1) is 4.99 Å². The molecule has 1 aliphatic carbocycles. The highest BCUT2D eigenvalue weighted by molar-refractivity contribution is 7.80. The number of nitrogens with two attached hydrogens (primary N) is 1. The number of hydrogen-bond acceptors (Lipinski definition) is 2. The van der Waals surface area contributed by atoms with E-state index in [4.69, 9.17) is 18.0 Å². The molecule has 2 N–H and O–H groups in total. The van der Waals surface area contributed by atoms with Gasteiger partial charge >= 0.3 is 0 Å². The smallest absolute Gasteiger partial charge is 0.253 e. The first-order valence-corrected chi connectivity index (χ1v) is 7.06. The lowest BCUT2D eigenvalue weighted by molar-refractivity contribution is 0.0787. The molecule has 1 aliphatic rings. The quantitative estimate of drug-likeness (QED) is 0.857. The molecular formula is C15H20N2OS. The normalized spacial score (nSPS) is 14.8. The molecule has 102 valence electrons. The summed E-state index contributed by atoms with van der Waals surface area (Å²) in [6.45, 7) is 2.50. The van der Waals surface area contributed by atoms with Crippen molar-refractivity contribution in [3.05, 3.63) is 34.9 Å². The van der Waals surface area contributed by atoms with E-state index in [-0.39, 0.29) is 11.8 Å². The third-order valence-electron chi connectivity index (χ3n) is 3.73. The summed E-state index contributed by atoms with van der Waals surface area (Å²) < 4.78 is 0. The van der Waals surface area contributed by atoms with E-state index in [9.17, 15) is 4.79 Å². The maximum atomic E-state index is 12.3. The van der Waals surface area contributed by atoms with Gasteiger partial charge in [0.15, 0.2) is 0 Å². The molecule has 0 aliphatic heterocycles. The number of rotatable bonds is 4. The van der Waals surface area contributed by atoms with Gasteiger partial charge < -0.3 is 10.6 Å². The van der Waals surface area contributed by atoms with E-state index in [0.29, 0.717) is 11.5 Å². The third-order valence-corrected chi connectivity index (χ3v) is 4.13. The molecule has 3 nitrogen and oxygen atoms in total. The van der Waals surface area contributed by atoms with Gasteiger partial charge in [-0.2, -0.15) is 0 Å². The molecule has 0 radical (unpaired) electrons. The fourth-order valence-corrected chi connectivity index (χ4v) is 2.58. The Labute approximate surface area is 119 Å². The van der Waals surface area contributed by atoms with Crippen molar-refractivity contribution in [3.63, 3.8) is 0 Å². The van der Waals surface area contributed by atoms with E-state index in [1.165, 1.54) is 17.5 Å². The van der Waals surface area contributed by atoms with Gasteiger partial charge in [-0.3, -0.25) is 4.79 Å². The average molecular weight is 276 g/mol. The van der Waals surface area contributed by atoms with Crippen LogP contribution in [0.25, 0.3) is 0 Å². The molecule has 1 atom stereocenters. The van der Waals surface area contributed by atoms with Crippen molar-refractivity contribution in [2.75, 3.05) is 13.6 Å². The molecule has 1 unspecified atom stereocenters. The fraction of sp³-hybridized carbons (Fsp3) is 0.467. The van der Waals surface area contributed by atoms with Crippen molar-refractivity contribution in [2.45, 2.75) is 26.2 Å². The first kappa shape index (κ1) is 14.0. The first-order chi connectivity index (χ1) is 8.99. The van der Waals surface area contributed by atoms with E-state index in [1.54, 1.807) is 11.9 Å². The van der Waals surface area contributed by atoms with Gasteiger partial charge in [-0.1, -0.05) is 25.2 Å². The number of carbonyl (C=O) groups excluding carboxylic acids is 1. The Morgan fingerprint density at radius 2 is 2.11 bits per heavy atom. The summed E-state index contributed by atoms with van der Waals surface area (Å²) in [6.07, 6.45) is 3.42. The lowest BCUT2D eigenvalue weighted by Gasteiger charge is -2.21. The minimum absolute atomic E-state index is 0.0396. The highest BCUT2D eigenvalue weighted by Gasteiger charge is 2.18. The number of fused-ring (bicyclic) bond motifs is 1. The molecule has 0 spiro atoms. The molecule has 1 amide bonds. The molecular weight excluding hydrogens is 256 g/mol. The van der Waals surface area contributed by atoms with Crippen LogP contribution < -0.4 is 5.73 Å². The molecule has 19 heavy (non-hydrogen) atoms. The zero-order chi connectivity index (χ0) is 14.0. The van der Waals surface area contributed by atoms with Crippen LogP contribution in [0.5, 0.6) is 0 Å². The van der Waals surface area contributed by atoms with Gasteiger partial charge in [-0.25, -0.2) is 0 Å². The van der Waals surface area contributed by atoms with Crippen LogP contribution in [0.15, 0.2) is 18.2 Å². The molecule has 0 heterocycles. The first-order valence-electron chi connectivity index (χ1n) is 6.65. The zero-order valence-corrected chi connectivity index (χ0v) is 12.3. The number of nitrogens with zero attached hydrogens (tertiary/aromatic N) is 1. The molecule has 2 rings (SSSR count). The Hall–Kier alpha value is -1.42. The van der Waals surface area contributed by atoms with Gasteiger partial charge in [-0.05, 0) is 42.5 Å². The summed E-state index contributed by atoms with van der Waals surface area (Å²) in [6, 6.07) is 6.04. The zero-order valence-electron chi connectivity index (χ0n) is 11.5. The topological polar surface area (TPSA) is 46.3 Å². The lowest BCUT2D eigenvalue weighted by Crippen LogP contribution is -2.35. The van der Waals surface area contributed by atoms with Gasteiger partial charge in [-0.15, -0.1) is 0 Å². The van der Waals surface area contributed by atoms with E-state index < -0.39 is 0 Å². The van der Waals surface area contributed by atoms with Crippen molar-refractivity contribution in [1.29, 1.82) is 0 Å². The number of hydrogen-bond donors (Lipinski definition) is 1. The summed E-state index contributed by atoms with van der Waals surface area (Å²) in [5.74, 6) is 0.0798. The standard InChI is InChI=1S/C15H20N2OS/c1-10(14(16)19)9-17(2)15(18)13-7-6-11-4-3-5-12(11)8-13/h6-8,10H,3-5,9H2,1-2H3,(H2,16,19). The van der Waals surface area contributed by atoms with Crippen LogP contribution in [-0.2, 0) is 12.8 Å². The van der Waals surface area contributed by atoms with Gasteiger partial charge in [0, 0.05) is 25.1 Å². The lowest BCUT2D eigenvalue weighted by atomic mass is 10.1. The van der Waals surface area contributed by atoms with Crippen molar-refractivity contribution in [3.8, 4) is 0 Å². The van der Waals surface area contributed by atoms with Crippen molar-refractivity contribution in [1.82, 2.24) is 4.90 Å². The number of thiocarbonyl (C=S) groups is 1. The van der Waals surface area contributed by atoms with Crippen molar-refractivity contribution in [2.24, 2.45) is 11.7 Å². The van der Waals surface area contributed by atoms with Crippen LogP contribution in [0, 0.1) is 5.92 Å². The van der Waals surface area contributed by atoms with Crippen LogP contribution in [0.4, 0.5) is 0 Å². The molecule has 0 aromatic heterocycles. The van der Waals surface area contributed by atoms with Crippen LogP contribution >= 0.6 is 12.2 Å². The Balaban J connectivity index is 2.09. The highest BCUT2D eigenvalue weighted by atomic mass is 32.1. The molecule has 0 fully saturated rings. The van der Waals surface area contributed by atoms with Crippen LogP contribution in [0.2, 0.25) is 0 Å². The number of carbonyl (C=O) groups is 1. The number of amides is 1. The Kier molecular flexibility index (Phi) is 4.20. The predicted octanol–water partition coefficient (Wildman–Crippen LogP) is 2.17. The predicted molar refractivity (Wildman–Crippen MR) is 81.4 cm³/mol. The van der Waals surface area contributed by atoms with E-state index in [1.807, 2.05) is 19.1 Å². The maximum Gasteiger partial charge on any atom is 0.253 e. The Morgan fingerprint density at radius 3 is 2.79 bits per heavy atom. The number of aryl methyl sites for hydroxylation is 2. The molecule has 0 saturated heterocycles. The summed E-state index contributed by atoms with van der Waals surface area (Å²) in [5, 5.41) is 0. The molecule has 4 heteroatoms. The second-order valence-corrected chi connectivity index (χ2v) is 5.80. The summed E-state index contributed by atoms with van der Waals surface area (Å²) in [5.41, 5.74) is 9.06. The monoisotopic (exact) mass is 276 g/mol. The summed E-state index contributed by atoms with van der Waals surface area (Å²) in [7, 11) is 1.80. The van der Waals surface area contributed by atoms with E-state index >= 15 is 0 Å². The second kappa shape index (κ2) is 5.70. The van der Waals surface area contributed by atoms with Crippen molar-refractivity contribution >= 4 is 23.1 Å². The minimum atomic E-state index is 0.0396. The van der Waals surface area contributed by atoms with E-state index in [0.717, 1.165) is 18.4 Å². The number of benzene rings is 1. The second-order valence-electron chi connectivity index (χ2n) is 5.33. The van der Waals surface area contributed by atoms with Crippen molar-refractivity contribution < 1.29 is 4.79 Å². The van der Waals surface area contributed by atoms with Gasteiger partial charge in [0.25, 0.3) is 5.91 Å². The van der Waals surface area contributed by atoms with E-state index in [2.05, 4.69) is 6.07 Å². The third kappa shape index (κ3) is 3.13. The van der Waals surface area contributed by atoms with Crippen LogP contribution in [0.3, 0.4) is 0 Å². The molecule has 1 aromatic carbocycles. The van der Waals surface area contributed by atoms with Crippen LogP contribution in [-0.4, -0.2) is 29.4 Å². The molecule has 1 aromatic rings. The highest BCUT2D eigenvalue weighted by Crippen LogP contribution is 2.23. The largest absolute Gasteiger partial charge is 0.393 e. The molecule has 0 bridgehead atoms. The van der Waals surface area contributed by atoms with Gasteiger partial charge in [0.1, 0.15) is 0 Å². The SMILES string of the molecule is CC(CN(C)C(=O)c1ccc2c(c1)CCC2)C(N)=S. The van der Waals surface area contributed by atoms with Gasteiger partial charge in [0.2, 0.25) is 0 Å². The Morgan fingerprint density at radius 1 is 1.42 bits per heavy atom. The molecule has 0 saturated carbocycles. The summed E-state index contributed by atoms with van der Waals surface area (Å²) in [4.78, 5) is 14.5. The Bertz CT molecular complexity index is 513. The fourth-order valence-electron chi connectivity index (χ4n) is 2.51. The minimum Gasteiger partial charge on any atom is -0.393 e. The maximum absolute atomic E-state index is 12.3. The van der Waals surface area contributed by atoms with Crippen LogP contribution in [0.1, 0.15) is 34.8 Å². The average Bonchev–Trinajstić information content (AvgIpc) is 2.84. The summed E-state index contributed by atoms with van der Waals surface area (Å²) >= 11 is 4.94.